The Bertz CT molecular complexity index is 988. The van der Waals surface area contributed by atoms with E-state index in [0.717, 1.165) is 25.2 Å². The molecule has 0 radical (unpaired) electrons. The van der Waals surface area contributed by atoms with Crippen LogP contribution in [-0.4, -0.2) is 40.2 Å². The molecule has 2 heterocycles. The number of alkyl halides is 1. The number of aliphatic imine (C=N–C) groups is 1. The number of hydrogen-bond acceptors (Lipinski definition) is 4. The highest BCUT2D eigenvalue weighted by molar-refractivity contribution is 6.63. The molecule has 2 aromatic rings. The van der Waals surface area contributed by atoms with E-state index in [0.29, 0.717) is 17.3 Å². The van der Waals surface area contributed by atoms with Crippen molar-refractivity contribution < 1.29 is 9.36 Å². The average molecular weight is 397 g/mol. The van der Waals surface area contributed by atoms with E-state index >= 15 is 0 Å². The largest absolute Gasteiger partial charge is 0.367 e. The van der Waals surface area contributed by atoms with Crippen LogP contribution < -0.4 is 9.47 Å². The fraction of sp³-hybridized carbons (Fsp3) is 0.333. The molecule has 1 aromatic heterocycles. The van der Waals surface area contributed by atoms with Crippen molar-refractivity contribution in [3.63, 3.8) is 0 Å². The predicted molar refractivity (Wildman–Crippen MR) is 111 cm³/mol. The standard InChI is InChI=1S/C21H23ClN5O/c1-14-11-18(20(23)19(22)21(14)28)24-15-3-5-16(6-4-15)26-8-7-17(12-26)27-10-9-25(2)13-27/h3-6,9-11,13,17,19,23H,7-8,12H2,1-2H3/q+1. The lowest BCUT2D eigenvalue weighted by atomic mass is 9.95. The number of nitrogens with one attached hydrogen (secondary N) is 1. The van der Waals surface area contributed by atoms with Crippen LogP contribution in [-0.2, 0) is 11.8 Å². The summed E-state index contributed by atoms with van der Waals surface area (Å²) in [7, 11) is 2.04. The Kier molecular flexibility index (Phi) is 4.89. The SMILES string of the molecule is CC1=CC(=Nc2ccc(N3CCC(n4cc[n+](C)c4)C3)cc2)C(=N)C(Cl)C1=O. The number of halogens is 1. The number of hydrogen-bond donors (Lipinski definition) is 1. The van der Waals surface area contributed by atoms with E-state index in [1.807, 2.05) is 19.2 Å². The molecule has 4 rings (SSSR count). The van der Waals surface area contributed by atoms with Crippen LogP contribution in [0.3, 0.4) is 0 Å². The minimum Gasteiger partial charge on any atom is -0.367 e. The van der Waals surface area contributed by atoms with Gasteiger partial charge in [0.2, 0.25) is 6.33 Å². The van der Waals surface area contributed by atoms with Gasteiger partial charge in [-0.05, 0) is 42.8 Å². The van der Waals surface area contributed by atoms with Crippen molar-refractivity contribution in [2.45, 2.75) is 24.8 Å². The highest BCUT2D eigenvalue weighted by atomic mass is 35.5. The average Bonchev–Trinajstić information content (AvgIpc) is 3.34. The van der Waals surface area contributed by atoms with Crippen molar-refractivity contribution in [1.29, 1.82) is 5.41 Å². The minimum atomic E-state index is -0.944. The van der Waals surface area contributed by atoms with Crippen molar-refractivity contribution in [3.05, 3.63) is 54.6 Å². The van der Waals surface area contributed by atoms with Gasteiger partial charge in [-0.1, -0.05) is 0 Å². The third kappa shape index (κ3) is 3.52. The Labute approximate surface area is 169 Å². The maximum atomic E-state index is 11.9. The van der Waals surface area contributed by atoms with Crippen molar-refractivity contribution in [1.82, 2.24) is 4.57 Å². The lowest BCUT2D eigenvalue weighted by Gasteiger charge is -2.18. The molecule has 1 aromatic carbocycles. The quantitative estimate of drug-likeness (QED) is 0.640. The summed E-state index contributed by atoms with van der Waals surface area (Å²) >= 11 is 6.04. The Morgan fingerprint density at radius 2 is 2.04 bits per heavy atom. The fourth-order valence-electron chi connectivity index (χ4n) is 3.69. The molecule has 0 amide bonds. The number of allylic oxidation sites excluding steroid dienone is 2. The van der Waals surface area contributed by atoms with Gasteiger partial charge < -0.3 is 10.3 Å². The predicted octanol–water partition coefficient (Wildman–Crippen LogP) is 2.99. The number of carbonyl (C=O) groups is 1. The van der Waals surface area contributed by atoms with Crippen molar-refractivity contribution in [3.8, 4) is 0 Å². The molecule has 2 aliphatic rings. The van der Waals surface area contributed by atoms with Crippen LogP contribution >= 0.6 is 11.6 Å². The first-order chi connectivity index (χ1) is 13.4. The monoisotopic (exact) mass is 396 g/mol. The normalized spacial score (nSPS) is 24.2. The van der Waals surface area contributed by atoms with Crippen molar-refractivity contribution in [2.75, 3.05) is 18.0 Å². The minimum absolute atomic E-state index is 0.0589. The molecule has 2 unspecified atom stereocenters. The molecule has 7 heteroatoms. The molecule has 144 valence electrons. The molecule has 0 saturated carbocycles. The summed E-state index contributed by atoms with van der Waals surface area (Å²) < 4.78 is 4.34. The van der Waals surface area contributed by atoms with Gasteiger partial charge in [-0.25, -0.2) is 14.1 Å². The van der Waals surface area contributed by atoms with Crippen LogP contribution in [0.4, 0.5) is 11.4 Å². The third-order valence-electron chi connectivity index (χ3n) is 5.34. The second-order valence-corrected chi connectivity index (χ2v) is 7.83. The zero-order valence-electron chi connectivity index (χ0n) is 16.0. The van der Waals surface area contributed by atoms with Crippen molar-refractivity contribution in [2.24, 2.45) is 12.0 Å². The second kappa shape index (κ2) is 7.36. The zero-order valence-corrected chi connectivity index (χ0v) is 16.7. The number of rotatable bonds is 3. The zero-order chi connectivity index (χ0) is 19.8. The molecule has 1 aliphatic carbocycles. The Morgan fingerprint density at radius 3 is 2.71 bits per heavy atom. The maximum absolute atomic E-state index is 11.9. The summed E-state index contributed by atoms with van der Waals surface area (Å²) in [5.41, 5.74) is 2.96. The molecule has 1 aliphatic heterocycles. The number of anilines is 1. The summed E-state index contributed by atoms with van der Waals surface area (Å²) in [4.78, 5) is 18.7. The molecule has 1 fully saturated rings. The lowest BCUT2D eigenvalue weighted by molar-refractivity contribution is -0.671. The number of aromatic nitrogens is 2. The number of aryl methyl sites for hydroxylation is 1. The molecule has 1 N–H and O–H groups in total. The lowest BCUT2D eigenvalue weighted by Crippen LogP contribution is -2.34. The molecular formula is C21H23ClN5O+. The van der Waals surface area contributed by atoms with E-state index in [4.69, 9.17) is 17.0 Å². The van der Waals surface area contributed by atoms with Gasteiger partial charge in [0.15, 0.2) is 5.78 Å². The van der Waals surface area contributed by atoms with Gasteiger partial charge in [-0.3, -0.25) is 4.79 Å². The van der Waals surface area contributed by atoms with E-state index in [2.05, 4.69) is 49.9 Å². The van der Waals surface area contributed by atoms with E-state index in [1.165, 1.54) is 5.69 Å². The Morgan fingerprint density at radius 1 is 1.29 bits per heavy atom. The fourth-order valence-corrected chi connectivity index (χ4v) is 3.97. The first-order valence-corrected chi connectivity index (χ1v) is 9.78. The first kappa shape index (κ1) is 18.6. The van der Waals surface area contributed by atoms with Gasteiger partial charge in [0.05, 0.1) is 30.7 Å². The number of ketones is 1. The topological polar surface area (TPSA) is 65.3 Å². The number of carbonyl (C=O) groups excluding carboxylic acids is 1. The second-order valence-electron chi connectivity index (χ2n) is 7.40. The van der Waals surface area contributed by atoms with Crippen LogP contribution in [0.1, 0.15) is 19.4 Å². The maximum Gasteiger partial charge on any atom is 0.243 e. The van der Waals surface area contributed by atoms with E-state index in [1.54, 1.807) is 13.0 Å². The van der Waals surface area contributed by atoms with E-state index in [-0.39, 0.29) is 11.5 Å². The van der Waals surface area contributed by atoms with Crippen molar-refractivity contribution >= 4 is 40.2 Å². The summed E-state index contributed by atoms with van der Waals surface area (Å²) in [5, 5.41) is 7.12. The molecule has 0 bridgehead atoms. The van der Waals surface area contributed by atoms with E-state index in [9.17, 15) is 4.79 Å². The number of imidazole rings is 1. The van der Waals surface area contributed by atoms with Crippen LogP contribution in [0.15, 0.2) is 59.6 Å². The molecule has 28 heavy (non-hydrogen) atoms. The summed E-state index contributed by atoms with van der Waals surface area (Å²) in [6.45, 7) is 3.70. The van der Waals surface area contributed by atoms with Crippen LogP contribution in [0, 0.1) is 5.41 Å². The molecule has 6 nitrogen and oxygen atoms in total. The van der Waals surface area contributed by atoms with Gasteiger partial charge in [0, 0.05) is 18.7 Å². The van der Waals surface area contributed by atoms with E-state index < -0.39 is 5.38 Å². The summed E-state index contributed by atoms with van der Waals surface area (Å²) in [5.74, 6) is -0.221. The Balaban J connectivity index is 1.49. The smallest absolute Gasteiger partial charge is 0.243 e. The third-order valence-corrected chi connectivity index (χ3v) is 5.76. The number of Topliss-reactive ketones (excluding diaryl/α,β-unsaturated/α-hetero) is 1. The van der Waals surface area contributed by atoms with Gasteiger partial charge >= 0.3 is 0 Å². The molecular weight excluding hydrogens is 374 g/mol. The molecule has 1 saturated heterocycles. The first-order valence-electron chi connectivity index (χ1n) is 9.34. The number of benzene rings is 1. The van der Waals surface area contributed by atoms with Crippen LogP contribution in [0.5, 0.6) is 0 Å². The molecule has 2 atom stereocenters. The highest BCUT2D eigenvalue weighted by Gasteiger charge is 2.30. The summed E-state index contributed by atoms with van der Waals surface area (Å²) in [6.07, 6.45) is 9.06. The van der Waals surface area contributed by atoms with Gasteiger partial charge in [-0.2, -0.15) is 0 Å². The van der Waals surface area contributed by atoms with Gasteiger partial charge in [0.1, 0.15) is 23.8 Å². The molecule has 0 spiro atoms. The van der Waals surface area contributed by atoms with Gasteiger partial charge in [-0.15, -0.1) is 11.6 Å². The summed E-state index contributed by atoms with van der Waals surface area (Å²) in [6, 6.07) is 8.49. The highest BCUT2D eigenvalue weighted by Crippen LogP contribution is 2.28. The van der Waals surface area contributed by atoms with Crippen LogP contribution in [0.2, 0.25) is 0 Å². The van der Waals surface area contributed by atoms with Gasteiger partial charge in [0.25, 0.3) is 0 Å². The number of nitrogens with zero attached hydrogens (tertiary/aromatic N) is 4. The van der Waals surface area contributed by atoms with Crippen LogP contribution in [0.25, 0.3) is 0 Å². The Hall–Kier alpha value is -2.73.